The fourth-order valence-corrected chi connectivity index (χ4v) is 1.50. The van der Waals surface area contributed by atoms with Crippen molar-refractivity contribution in [3.8, 4) is 0 Å². The highest BCUT2D eigenvalue weighted by atomic mass is 16.7. The highest BCUT2D eigenvalue weighted by molar-refractivity contribution is 5.90. The van der Waals surface area contributed by atoms with Crippen molar-refractivity contribution >= 4 is 5.91 Å². The van der Waals surface area contributed by atoms with E-state index in [2.05, 4.69) is 24.2 Å². The van der Waals surface area contributed by atoms with Gasteiger partial charge in [0.05, 0.1) is 12.1 Å². The van der Waals surface area contributed by atoms with Crippen molar-refractivity contribution in [1.82, 2.24) is 10.4 Å². The molecule has 0 saturated heterocycles. The number of carbonyl (C=O) groups excluding carboxylic acids is 1. The first-order valence-corrected chi connectivity index (χ1v) is 6.65. The Morgan fingerprint density at radius 3 is 2.47 bits per heavy atom. The Morgan fingerprint density at radius 2 is 1.95 bits per heavy atom. The minimum Gasteiger partial charge on any atom is -0.454 e. The maximum Gasteiger partial charge on any atom is 0.310 e. The summed E-state index contributed by atoms with van der Waals surface area (Å²) in [6.07, 6.45) is 0. The van der Waals surface area contributed by atoms with Gasteiger partial charge in [0, 0.05) is 0 Å². The van der Waals surface area contributed by atoms with Gasteiger partial charge in [-0.2, -0.15) is 0 Å². The third-order valence-electron chi connectivity index (χ3n) is 2.61. The van der Waals surface area contributed by atoms with Gasteiger partial charge >= 0.3 is 5.91 Å². The summed E-state index contributed by atoms with van der Waals surface area (Å²) in [5.41, 5.74) is 1.96. The van der Waals surface area contributed by atoms with Crippen molar-refractivity contribution in [3.05, 3.63) is 23.7 Å². The van der Waals surface area contributed by atoms with Crippen LogP contribution in [0.4, 0.5) is 0 Å². The largest absolute Gasteiger partial charge is 0.454 e. The Kier molecular flexibility index (Phi) is 5.57. The number of nitrogens with one attached hydrogen (secondary N) is 1. The molecule has 108 valence electrons. The summed E-state index contributed by atoms with van der Waals surface area (Å²) in [5.74, 6) is 0.691. The molecule has 0 aliphatic carbocycles. The highest BCUT2D eigenvalue weighted by Crippen LogP contribution is 2.11. The maximum atomic E-state index is 11.8. The normalized spacial score (nSPS) is 11.9. The van der Waals surface area contributed by atoms with E-state index in [0.717, 1.165) is 18.8 Å². The summed E-state index contributed by atoms with van der Waals surface area (Å²) < 4.78 is 5.51. The van der Waals surface area contributed by atoms with E-state index in [9.17, 15) is 4.79 Å². The van der Waals surface area contributed by atoms with Gasteiger partial charge in [-0.25, -0.2) is 5.48 Å². The second kappa shape index (κ2) is 6.73. The zero-order valence-electron chi connectivity index (χ0n) is 12.4. The number of furan rings is 1. The van der Waals surface area contributed by atoms with Gasteiger partial charge in [-0.15, -0.1) is 0 Å². The monoisotopic (exact) mass is 268 g/mol. The van der Waals surface area contributed by atoms with Gasteiger partial charge < -0.3 is 4.42 Å². The molecule has 19 heavy (non-hydrogen) atoms. The first-order valence-electron chi connectivity index (χ1n) is 6.65. The van der Waals surface area contributed by atoms with Crippen LogP contribution < -0.4 is 5.48 Å². The number of carbonyl (C=O) groups is 1. The van der Waals surface area contributed by atoms with Gasteiger partial charge in [0.15, 0.2) is 5.76 Å². The molecule has 1 aromatic rings. The molecule has 1 N–H and O–H groups in total. The second-order valence-corrected chi connectivity index (χ2v) is 5.37. The lowest BCUT2D eigenvalue weighted by molar-refractivity contribution is -0.0599. The molecule has 0 spiro atoms. The number of hydroxylamine groups is 1. The van der Waals surface area contributed by atoms with Crippen LogP contribution in [0.25, 0.3) is 0 Å². The SMILES string of the molecule is CCN(CC)Cc1ccc(C(=O)NOC(C)(C)C)o1. The number of hydrogen-bond acceptors (Lipinski definition) is 4. The molecule has 5 nitrogen and oxygen atoms in total. The standard InChI is InChI=1S/C14H24N2O3/c1-6-16(7-2)10-11-8-9-12(18-11)13(17)15-19-14(3,4)5/h8-9H,6-7,10H2,1-5H3,(H,15,17). The summed E-state index contributed by atoms with van der Waals surface area (Å²) >= 11 is 0. The van der Waals surface area contributed by atoms with Gasteiger partial charge in [0.1, 0.15) is 5.76 Å². The van der Waals surface area contributed by atoms with E-state index in [1.165, 1.54) is 0 Å². The van der Waals surface area contributed by atoms with Crippen molar-refractivity contribution in [2.75, 3.05) is 13.1 Å². The van der Waals surface area contributed by atoms with Crippen molar-refractivity contribution in [2.24, 2.45) is 0 Å². The Labute approximate surface area is 114 Å². The zero-order chi connectivity index (χ0) is 14.5. The molecular weight excluding hydrogens is 244 g/mol. The second-order valence-electron chi connectivity index (χ2n) is 5.37. The van der Waals surface area contributed by atoms with Crippen molar-refractivity contribution in [2.45, 2.75) is 46.8 Å². The summed E-state index contributed by atoms with van der Waals surface area (Å²) in [7, 11) is 0. The first-order chi connectivity index (χ1) is 8.85. The lowest BCUT2D eigenvalue weighted by Gasteiger charge is -2.18. The number of hydrogen-bond donors (Lipinski definition) is 1. The summed E-state index contributed by atoms with van der Waals surface area (Å²) in [6, 6.07) is 3.49. The summed E-state index contributed by atoms with van der Waals surface area (Å²) in [6.45, 7) is 12.4. The first kappa shape index (κ1) is 15.7. The third-order valence-corrected chi connectivity index (χ3v) is 2.61. The van der Waals surface area contributed by atoms with Crippen LogP contribution in [0.5, 0.6) is 0 Å². The van der Waals surface area contributed by atoms with Crippen molar-refractivity contribution < 1.29 is 14.0 Å². The smallest absolute Gasteiger partial charge is 0.310 e. The van der Waals surface area contributed by atoms with E-state index in [-0.39, 0.29) is 11.7 Å². The number of amides is 1. The fraction of sp³-hybridized carbons (Fsp3) is 0.643. The molecule has 0 saturated carbocycles. The molecule has 0 atom stereocenters. The Hall–Kier alpha value is -1.33. The molecule has 5 heteroatoms. The van der Waals surface area contributed by atoms with E-state index < -0.39 is 5.60 Å². The van der Waals surface area contributed by atoms with E-state index in [0.29, 0.717) is 6.54 Å². The number of nitrogens with zero attached hydrogens (tertiary/aromatic N) is 1. The van der Waals surface area contributed by atoms with Crippen LogP contribution in [0.3, 0.4) is 0 Å². The Morgan fingerprint density at radius 1 is 1.32 bits per heavy atom. The summed E-state index contributed by atoms with van der Waals surface area (Å²) in [4.78, 5) is 19.2. The van der Waals surface area contributed by atoms with Crippen LogP contribution in [0, 0.1) is 0 Å². The lowest BCUT2D eigenvalue weighted by atomic mass is 10.2. The van der Waals surface area contributed by atoms with Crippen LogP contribution in [0.1, 0.15) is 50.9 Å². The zero-order valence-corrected chi connectivity index (χ0v) is 12.4. The molecule has 1 aromatic heterocycles. The lowest BCUT2D eigenvalue weighted by Crippen LogP contribution is -2.33. The van der Waals surface area contributed by atoms with Crippen molar-refractivity contribution in [3.63, 3.8) is 0 Å². The predicted molar refractivity (Wildman–Crippen MR) is 73.6 cm³/mol. The molecular formula is C14H24N2O3. The van der Waals surface area contributed by atoms with Gasteiger partial charge in [-0.05, 0) is 46.0 Å². The molecule has 0 aromatic carbocycles. The predicted octanol–water partition coefficient (Wildman–Crippen LogP) is 2.58. The molecule has 0 bridgehead atoms. The van der Waals surface area contributed by atoms with Crippen LogP contribution in [-0.2, 0) is 11.4 Å². The molecule has 1 heterocycles. The van der Waals surface area contributed by atoms with E-state index in [4.69, 9.17) is 9.25 Å². The van der Waals surface area contributed by atoms with Crippen LogP contribution >= 0.6 is 0 Å². The average molecular weight is 268 g/mol. The maximum absolute atomic E-state index is 11.8. The fourth-order valence-electron chi connectivity index (χ4n) is 1.50. The molecule has 0 radical (unpaired) electrons. The van der Waals surface area contributed by atoms with Gasteiger partial charge in [0.25, 0.3) is 0 Å². The van der Waals surface area contributed by atoms with Gasteiger partial charge in [-0.1, -0.05) is 13.8 Å². The molecule has 1 rings (SSSR count). The van der Waals surface area contributed by atoms with E-state index >= 15 is 0 Å². The van der Waals surface area contributed by atoms with E-state index in [1.54, 1.807) is 6.07 Å². The molecule has 0 fully saturated rings. The molecule has 0 unspecified atom stereocenters. The molecule has 0 aliphatic rings. The molecule has 1 amide bonds. The average Bonchev–Trinajstić information content (AvgIpc) is 2.80. The minimum absolute atomic E-state index is 0.270. The van der Waals surface area contributed by atoms with E-state index in [1.807, 2.05) is 26.8 Å². The van der Waals surface area contributed by atoms with Gasteiger partial charge in [0.2, 0.25) is 0 Å². The quantitative estimate of drug-likeness (QED) is 0.806. The van der Waals surface area contributed by atoms with Crippen molar-refractivity contribution in [1.29, 1.82) is 0 Å². The topological polar surface area (TPSA) is 54.7 Å². The van der Waals surface area contributed by atoms with Gasteiger partial charge in [-0.3, -0.25) is 14.5 Å². The minimum atomic E-state index is -0.424. The van der Waals surface area contributed by atoms with Crippen LogP contribution in [-0.4, -0.2) is 29.5 Å². The van der Waals surface area contributed by atoms with Crippen LogP contribution in [0.2, 0.25) is 0 Å². The third kappa shape index (κ3) is 5.44. The van der Waals surface area contributed by atoms with Crippen LogP contribution in [0.15, 0.2) is 16.5 Å². The Bertz CT molecular complexity index is 403. The highest BCUT2D eigenvalue weighted by Gasteiger charge is 2.16. The summed E-state index contributed by atoms with van der Waals surface area (Å²) in [5, 5.41) is 0. The number of rotatable bonds is 6. The molecule has 0 aliphatic heterocycles. The Balaban J connectivity index is 2.56.